The zero-order valence-electron chi connectivity index (χ0n) is 16.8. The van der Waals surface area contributed by atoms with Crippen molar-refractivity contribution in [3.8, 4) is 5.75 Å². The van der Waals surface area contributed by atoms with Gasteiger partial charge >= 0.3 is 5.97 Å². The molecule has 9 nitrogen and oxygen atoms in total. The van der Waals surface area contributed by atoms with E-state index >= 15 is 0 Å². The van der Waals surface area contributed by atoms with E-state index < -0.39 is 26.0 Å². The summed E-state index contributed by atoms with van der Waals surface area (Å²) >= 11 is 0. The molecule has 0 heterocycles. The van der Waals surface area contributed by atoms with Gasteiger partial charge in [-0.3, -0.25) is 9.10 Å². The lowest BCUT2D eigenvalue weighted by Crippen LogP contribution is -2.30. The Morgan fingerprint density at radius 3 is 2.17 bits per heavy atom. The molecule has 0 aliphatic carbocycles. The first-order valence-electron chi connectivity index (χ1n) is 8.92. The molecule has 1 N–H and O–H groups in total. The van der Waals surface area contributed by atoms with Gasteiger partial charge < -0.3 is 9.84 Å². The summed E-state index contributed by atoms with van der Waals surface area (Å²) in [5.41, 5.74) is 0.0568. The normalized spacial score (nSPS) is 12.0. The Labute approximate surface area is 176 Å². The largest absolute Gasteiger partial charge is 0.495 e. The van der Waals surface area contributed by atoms with E-state index in [-0.39, 0.29) is 40.6 Å². The zero-order chi connectivity index (χ0) is 22.5. The highest BCUT2D eigenvalue weighted by Gasteiger charge is 2.27. The highest BCUT2D eigenvalue weighted by atomic mass is 32.2. The lowest BCUT2D eigenvalue weighted by molar-refractivity contribution is -0.137. The average molecular weight is 457 g/mol. The first kappa shape index (κ1) is 23.6. The van der Waals surface area contributed by atoms with Crippen LogP contribution in [0.25, 0.3) is 0 Å². The Hall–Kier alpha value is -2.63. The van der Waals surface area contributed by atoms with Crippen molar-refractivity contribution in [2.75, 3.05) is 32.1 Å². The molecule has 0 aromatic heterocycles. The fourth-order valence-electron chi connectivity index (χ4n) is 2.71. The number of nitrogens with zero attached hydrogens (tertiary/aromatic N) is 2. The number of hydrogen-bond acceptors (Lipinski definition) is 6. The van der Waals surface area contributed by atoms with E-state index in [0.29, 0.717) is 0 Å². The second-order valence-corrected chi connectivity index (χ2v) is 10.5. The van der Waals surface area contributed by atoms with Crippen molar-refractivity contribution in [2.45, 2.75) is 22.6 Å². The SMILES string of the molecule is COc1ccc(S(=O)(=O)N(C)CCCC(=O)O)cc1N(C)S(=O)(=O)c1ccccc1. The van der Waals surface area contributed by atoms with Gasteiger partial charge in [0.25, 0.3) is 10.0 Å². The maximum absolute atomic E-state index is 13.0. The molecule has 0 fully saturated rings. The van der Waals surface area contributed by atoms with Crippen molar-refractivity contribution >= 4 is 31.7 Å². The molecule has 0 amide bonds. The van der Waals surface area contributed by atoms with Gasteiger partial charge in [0.2, 0.25) is 10.0 Å². The Morgan fingerprint density at radius 1 is 0.967 bits per heavy atom. The van der Waals surface area contributed by atoms with Crippen LogP contribution < -0.4 is 9.04 Å². The number of rotatable bonds is 10. The van der Waals surface area contributed by atoms with Crippen molar-refractivity contribution < 1.29 is 31.5 Å². The van der Waals surface area contributed by atoms with Crippen LogP contribution in [0.2, 0.25) is 0 Å². The van der Waals surface area contributed by atoms with Gasteiger partial charge in [0, 0.05) is 27.1 Å². The molecule has 2 rings (SSSR count). The van der Waals surface area contributed by atoms with Crippen LogP contribution in [-0.2, 0) is 24.8 Å². The number of aliphatic carboxylic acids is 1. The van der Waals surface area contributed by atoms with Crippen LogP contribution in [-0.4, -0.2) is 60.0 Å². The summed E-state index contributed by atoms with van der Waals surface area (Å²) in [4.78, 5) is 10.6. The fourth-order valence-corrected chi connectivity index (χ4v) is 5.16. The minimum Gasteiger partial charge on any atom is -0.495 e. The molecule has 2 aromatic rings. The molecule has 2 aromatic carbocycles. The first-order valence-corrected chi connectivity index (χ1v) is 11.8. The first-order chi connectivity index (χ1) is 14.0. The second kappa shape index (κ2) is 9.45. The van der Waals surface area contributed by atoms with Crippen LogP contribution in [0.5, 0.6) is 5.75 Å². The minimum absolute atomic E-state index is 0.00808. The predicted molar refractivity (Wildman–Crippen MR) is 112 cm³/mol. The average Bonchev–Trinajstić information content (AvgIpc) is 2.72. The summed E-state index contributed by atoms with van der Waals surface area (Å²) in [7, 11) is -3.91. The number of hydrogen-bond donors (Lipinski definition) is 1. The Morgan fingerprint density at radius 2 is 1.60 bits per heavy atom. The van der Waals surface area contributed by atoms with Crippen molar-refractivity contribution in [1.29, 1.82) is 0 Å². The summed E-state index contributed by atoms with van der Waals surface area (Å²) in [6.45, 7) is 0.00808. The number of methoxy groups -OCH3 is 1. The standard InChI is InChI=1S/C19H24N2O7S2/c1-20(13-7-10-19(22)23)29(24,25)16-11-12-18(28-3)17(14-16)21(2)30(26,27)15-8-5-4-6-9-15/h4-6,8-9,11-12,14H,7,10,13H2,1-3H3,(H,22,23). The van der Waals surface area contributed by atoms with E-state index in [0.717, 1.165) is 8.61 Å². The van der Waals surface area contributed by atoms with E-state index in [1.165, 1.54) is 51.5 Å². The molecule has 164 valence electrons. The van der Waals surface area contributed by atoms with Crippen LogP contribution in [0.15, 0.2) is 58.3 Å². The number of benzene rings is 2. The number of ether oxygens (including phenoxy) is 1. The molecular formula is C19H24N2O7S2. The number of sulfonamides is 2. The molecule has 0 aliphatic heterocycles. The fraction of sp³-hybridized carbons (Fsp3) is 0.316. The van der Waals surface area contributed by atoms with E-state index in [1.54, 1.807) is 18.2 Å². The predicted octanol–water partition coefficient (Wildman–Crippen LogP) is 2.01. The number of carboxylic acids is 1. The third-order valence-electron chi connectivity index (χ3n) is 4.46. The molecule has 0 saturated heterocycles. The summed E-state index contributed by atoms with van der Waals surface area (Å²) in [6, 6.07) is 11.7. The van der Waals surface area contributed by atoms with E-state index in [4.69, 9.17) is 9.84 Å². The highest BCUT2D eigenvalue weighted by molar-refractivity contribution is 7.92. The van der Waals surface area contributed by atoms with Crippen molar-refractivity contribution in [3.05, 3.63) is 48.5 Å². The van der Waals surface area contributed by atoms with Crippen LogP contribution >= 0.6 is 0 Å². The van der Waals surface area contributed by atoms with E-state index in [1.807, 2.05) is 0 Å². The lowest BCUT2D eigenvalue weighted by Gasteiger charge is -2.23. The molecule has 0 saturated carbocycles. The molecule has 0 unspecified atom stereocenters. The monoisotopic (exact) mass is 456 g/mol. The molecule has 0 atom stereocenters. The maximum Gasteiger partial charge on any atom is 0.303 e. The van der Waals surface area contributed by atoms with Crippen molar-refractivity contribution in [2.24, 2.45) is 0 Å². The topological polar surface area (TPSA) is 121 Å². The van der Waals surface area contributed by atoms with Gasteiger partial charge in [-0.15, -0.1) is 0 Å². The third-order valence-corrected chi connectivity index (χ3v) is 8.10. The Bertz CT molecular complexity index is 1100. The zero-order valence-corrected chi connectivity index (χ0v) is 18.5. The van der Waals surface area contributed by atoms with Crippen molar-refractivity contribution in [1.82, 2.24) is 4.31 Å². The highest BCUT2D eigenvalue weighted by Crippen LogP contribution is 2.34. The Balaban J connectivity index is 2.43. The van der Waals surface area contributed by atoms with Crippen LogP contribution in [0.3, 0.4) is 0 Å². The summed E-state index contributed by atoms with van der Waals surface area (Å²) in [5, 5.41) is 8.73. The van der Waals surface area contributed by atoms with Gasteiger partial charge in [-0.1, -0.05) is 18.2 Å². The molecule has 0 aliphatic rings. The number of carboxylic acid groups (broad SMARTS) is 1. The Kier molecular flexibility index (Phi) is 7.45. The summed E-state index contributed by atoms with van der Waals surface area (Å²) in [6.07, 6.45) is -0.0118. The minimum atomic E-state index is -3.96. The van der Waals surface area contributed by atoms with Crippen molar-refractivity contribution in [3.63, 3.8) is 0 Å². The second-order valence-electron chi connectivity index (χ2n) is 6.44. The molecule has 0 spiro atoms. The molecular weight excluding hydrogens is 432 g/mol. The summed E-state index contributed by atoms with van der Waals surface area (Å²) in [5.74, 6) is -0.829. The van der Waals surface area contributed by atoms with Crippen LogP contribution in [0.1, 0.15) is 12.8 Å². The number of anilines is 1. The van der Waals surface area contributed by atoms with Crippen LogP contribution in [0.4, 0.5) is 5.69 Å². The van der Waals surface area contributed by atoms with Gasteiger partial charge in [0.05, 0.1) is 22.6 Å². The van der Waals surface area contributed by atoms with E-state index in [9.17, 15) is 21.6 Å². The number of carbonyl (C=O) groups is 1. The maximum atomic E-state index is 13.0. The lowest BCUT2D eigenvalue weighted by atomic mass is 10.3. The van der Waals surface area contributed by atoms with Gasteiger partial charge in [0.1, 0.15) is 5.75 Å². The molecule has 30 heavy (non-hydrogen) atoms. The van der Waals surface area contributed by atoms with E-state index in [2.05, 4.69) is 0 Å². The molecule has 0 bridgehead atoms. The summed E-state index contributed by atoms with van der Waals surface area (Å²) < 4.78 is 58.9. The van der Waals surface area contributed by atoms with Gasteiger partial charge in [0.15, 0.2) is 0 Å². The third kappa shape index (κ3) is 5.10. The quantitative estimate of drug-likeness (QED) is 0.580. The molecule has 11 heteroatoms. The van der Waals surface area contributed by atoms with Crippen LogP contribution in [0, 0.1) is 0 Å². The smallest absolute Gasteiger partial charge is 0.303 e. The molecule has 0 radical (unpaired) electrons. The van der Waals surface area contributed by atoms with Gasteiger partial charge in [-0.25, -0.2) is 21.1 Å². The van der Waals surface area contributed by atoms with Gasteiger partial charge in [-0.05, 0) is 36.8 Å². The van der Waals surface area contributed by atoms with Gasteiger partial charge in [-0.2, -0.15) is 0 Å².